The Balaban J connectivity index is 1.59. The minimum absolute atomic E-state index is 0.0254. The average molecular weight is 382 g/mol. The third kappa shape index (κ3) is 3.88. The van der Waals surface area contributed by atoms with Crippen LogP contribution in [0, 0.1) is 11.7 Å². The van der Waals surface area contributed by atoms with E-state index in [-0.39, 0.29) is 30.3 Å². The molecule has 0 unspecified atom stereocenters. The second kappa shape index (κ2) is 7.33. The van der Waals surface area contributed by atoms with Gasteiger partial charge in [0.05, 0.1) is 20.8 Å². The fourth-order valence-corrected chi connectivity index (χ4v) is 3.53. The van der Waals surface area contributed by atoms with Gasteiger partial charge < -0.3 is 9.64 Å². The third-order valence-corrected chi connectivity index (χ3v) is 5.07. The smallest absolute Gasteiger partial charge is 0.311 e. The SMILES string of the molecule is O=C(COC(=O)[C@H]1CC(=O)N(c2ccccc2F)C1)c1ccc(Cl)s1. The monoisotopic (exact) mass is 381 g/mol. The van der Waals surface area contributed by atoms with Gasteiger partial charge in [-0.25, -0.2) is 4.39 Å². The summed E-state index contributed by atoms with van der Waals surface area (Å²) in [6, 6.07) is 9.01. The minimum atomic E-state index is -0.730. The Morgan fingerprint density at radius 2 is 2.04 bits per heavy atom. The number of amides is 1. The number of thiophene rings is 1. The number of nitrogens with zero attached hydrogens (tertiary/aromatic N) is 1. The molecule has 2 heterocycles. The van der Waals surface area contributed by atoms with Gasteiger partial charge in [-0.2, -0.15) is 0 Å². The van der Waals surface area contributed by atoms with Crippen LogP contribution in [0.3, 0.4) is 0 Å². The first kappa shape index (κ1) is 17.6. The molecule has 1 aromatic heterocycles. The van der Waals surface area contributed by atoms with Crippen molar-refractivity contribution in [3.63, 3.8) is 0 Å². The summed E-state index contributed by atoms with van der Waals surface area (Å²) in [7, 11) is 0. The number of para-hydroxylation sites is 1. The second-order valence-corrected chi connectivity index (χ2v) is 7.21. The van der Waals surface area contributed by atoms with Gasteiger partial charge in [0, 0.05) is 13.0 Å². The molecule has 130 valence electrons. The molecule has 1 aromatic carbocycles. The van der Waals surface area contributed by atoms with Crippen molar-refractivity contribution in [3.05, 3.63) is 51.4 Å². The molecule has 8 heteroatoms. The average Bonchev–Trinajstić information content (AvgIpc) is 3.19. The molecule has 0 N–H and O–H groups in total. The van der Waals surface area contributed by atoms with E-state index in [1.165, 1.54) is 23.1 Å². The molecule has 1 fully saturated rings. The van der Waals surface area contributed by atoms with Crippen LogP contribution in [0.25, 0.3) is 0 Å². The molecular formula is C17H13ClFNO4S. The van der Waals surface area contributed by atoms with E-state index in [1.807, 2.05) is 0 Å². The molecule has 1 atom stereocenters. The maximum absolute atomic E-state index is 13.8. The highest BCUT2D eigenvalue weighted by Gasteiger charge is 2.37. The lowest BCUT2D eigenvalue weighted by Crippen LogP contribution is -2.27. The molecule has 1 amide bonds. The number of rotatable bonds is 5. The Kier molecular flexibility index (Phi) is 5.15. The van der Waals surface area contributed by atoms with Gasteiger partial charge in [0.15, 0.2) is 6.61 Å². The number of hydrogen-bond donors (Lipinski definition) is 0. The van der Waals surface area contributed by atoms with E-state index >= 15 is 0 Å². The van der Waals surface area contributed by atoms with E-state index < -0.39 is 24.3 Å². The van der Waals surface area contributed by atoms with Crippen molar-refractivity contribution >= 4 is 46.3 Å². The van der Waals surface area contributed by atoms with Gasteiger partial charge in [-0.1, -0.05) is 23.7 Å². The van der Waals surface area contributed by atoms with E-state index in [0.29, 0.717) is 9.21 Å². The van der Waals surface area contributed by atoms with Crippen LogP contribution in [0.2, 0.25) is 4.34 Å². The van der Waals surface area contributed by atoms with Gasteiger partial charge in [-0.3, -0.25) is 14.4 Å². The van der Waals surface area contributed by atoms with Crippen molar-refractivity contribution in [1.82, 2.24) is 0 Å². The zero-order chi connectivity index (χ0) is 18.0. The summed E-state index contributed by atoms with van der Waals surface area (Å²) in [5, 5.41) is 0. The van der Waals surface area contributed by atoms with Crippen molar-refractivity contribution in [2.45, 2.75) is 6.42 Å². The van der Waals surface area contributed by atoms with Crippen LogP contribution in [-0.4, -0.2) is 30.8 Å². The number of anilines is 1. The Hall–Kier alpha value is -2.25. The normalized spacial score (nSPS) is 17.0. The molecule has 1 aliphatic rings. The Labute approximate surface area is 152 Å². The van der Waals surface area contributed by atoms with Crippen LogP contribution in [0.4, 0.5) is 10.1 Å². The first-order valence-electron chi connectivity index (χ1n) is 7.46. The van der Waals surface area contributed by atoms with Crippen molar-refractivity contribution < 1.29 is 23.5 Å². The van der Waals surface area contributed by atoms with E-state index in [0.717, 1.165) is 11.3 Å². The van der Waals surface area contributed by atoms with E-state index in [9.17, 15) is 18.8 Å². The summed E-state index contributed by atoms with van der Waals surface area (Å²) in [6.45, 7) is -0.391. The molecule has 5 nitrogen and oxygen atoms in total. The maximum atomic E-state index is 13.8. The number of hydrogen-bond acceptors (Lipinski definition) is 5. The molecule has 1 aliphatic heterocycles. The standard InChI is InChI=1S/C17H13ClFNO4S/c18-15-6-5-14(25-15)13(21)9-24-17(23)10-7-16(22)20(8-10)12-4-2-1-3-11(12)19/h1-6,10H,7-9H2/t10-/m0/s1. The number of esters is 1. The number of Topliss-reactive ketones (excluding diaryl/α,β-unsaturated/α-hetero) is 1. The van der Waals surface area contributed by atoms with Crippen LogP contribution in [-0.2, 0) is 14.3 Å². The van der Waals surface area contributed by atoms with Gasteiger partial charge in [-0.15, -0.1) is 11.3 Å². The lowest BCUT2D eigenvalue weighted by Gasteiger charge is -2.17. The molecule has 0 aliphatic carbocycles. The van der Waals surface area contributed by atoms with Gasteiger partial charge in [-0.05, 0) is 24.3 Å². The van der Waals surface area contributed by atoms with E-state index in [2.05, 4.69) is 0 Å². The summed E-state index contributed by atoms with van der Waals surface area (Å²) >= 11 is 6.86. The Morgan fingerprint density at radius 1 is 1.28 bits per heavy atom. The molecule has 0 spiro atoms. The molecule has 3 rings (SSSR count). The predicted octanol–water partition coefficient (Wildman–Crippen LogP) is 3.32. The fourth-order valence-electron chi connectivity index (χ4n) is 2.56. The predicted molar refractivity (Wildman–Crippen MR) is 91.5 cm³/mol. The highest BCUT2D eigenvalue weighted by molar-refractivity contribution is 7.18. The zero-order valence-electron chi connectivity index (χ0n) is 12.9. The van der Waals surface area contributed by atoms with Gasteiger partial charge in [0.2, 0.25) is 11.7 Å². The van der Waals surface area contributed by atoms with Crippen LogP contribution in [0.5, 0.6) is 0 Å². The first-order chi connectivity index (χ1) is 12.0. The summed E-state index contributed by atoms with van der Waals surface area (Å²) in [5.41, 5.74) is 0.132. The van der Waals surface area contributed by atoms with Crippen LogP contribution >= 0.6 is 22.9 Å². The van der Waals surface area contributed by atoms with Crippen molar-refractivity contribution in [2.24, 2.45) is 5.92 Å². The molecule has 25 heavy (non-hydrogen) atoms. The van der Waals surface area contributed by atoms with Crippen molar-refractivity contribution in [3.8, 4) is 0 Å². The molecule has 0 saturated carbocycles. The maximum Gasteiger partial charge on any atom is 0.311 e. The summed E-state index contributed by atoms with van der Waals surface area (Å²) in [6.07, 6.45) is -0.0772. The summed E-state index contributed by atoms with van der Waals surface area (Å²) < 4.78 is 19.3. The van der Waals surface area contributed by atoms with Crippen molar-refractivity contribution in [1.29, 1.82) is 0 Å². The Morgan fingerprint density at radius 3 is 2.72 bits per heavy atom. The van der Waals surface area contributed by atoms with Crippen molar-refractivity contribution in [2.75, 3.05) is 18.1 Å². The van der Waals surface area contributed by atoms with Gasteiger partial charge >= 0.3 is 5.97 Å². The quantitative estimate of drug-likeness (QED) is 0.588. The number of carbonyl (C=O) groups excluding carboxylic acids is 3. The van der Waals surface area contributed by atoms with E-state index in [1.54, 1.807) is 18.2 Å². The first-order valence-corrected chi connectivity index (χ1v) is 8.65. The third-order valence-electron chi connectivity index (χ3n) is 3.80. The number of ether oxygens (including phenoxy) is 1. The molecule has 0 bridgehead atoms. The Bertz CT molecular complexity index is 838. The molecular weight excluding hydrogens is 369 g/mol. The summed E-state index contributed by atoms with van der Waals surface area (Å²) in [4.78, 5) is 37.7. The lowest BCUT2D eigenvalue weighted by molar-refractivity contribution is -0.147. The largest absolute Gasteiger partial charge is 0.457 e. The highest BCUT2D eigenvalue weighted by atomic mass is 35.5. The number of benzene rings is 1. The zero-order valence-corrected chi connectivity index (χ0v) is 14.5. The number of ketones is 1. The van der Waals surface area contributed by atoms with Crippen LogP contribution in [0.1, 0.15) is 16.1 Å². The number of carbonyl (C=O) groups is 3. The molecule has 1 saturated heterocycles. The second-order valence-electron chi connectivity index (χ2n) is 5.49. The fraction of sp³-hybridized carbons (Fsp3) is 0.235. The van der Waals surface area contributed by atoms with Crippen LogP contribution in [0.15, 0.2) is 36.4 Å². The lowest BCUT2D eigenvalue weighted by atomic mass is 10.1. The number of halogens is 2. The van der Waals surface area contributed by atoms with Crippen LogP contribution < -0.4 is 4.90 Å². The minimum Gasteiger partial charge on any atom is -0.457 e. The van der Waals surface area contributed by atoms with Gasteiger partial charge in [0.1, 0.15) is 5.82 Å². The molecule has 2 aromatic rings. The summed E-state index contributed by atoms with van der Waals surface area (Å²) in [5.74, 6) is -2.63. The topological polar surface area (TPSA) is 63.7 Å². The molecule has 0 radical (unpaired) electrons. The van der Waals surface area contributed by atoms with Gasteiger partial charge in [0.25, 0.3) is 0 Å². The van der Waals surface area contributed by atoms with E-state index in [4.69, 9.17) is 16.3 Å². The highest BCUT2D eigenvalue weighted by Crippen LogP contribution is 2.28.